The first-order valence-corrected chi connectivity index (χ1v) is 10.1. The summed E-state index contributed by atoms with van der Waals surface area (Å²) in [5.41, 5.74) is 3.61. The Morgan fingerprint density at radius 3 is 2.93 bits per heavy atom. The lowest BCUT2D eigenvalue weighted by Gasteiger charge is -2.32. The number of aryl methyl sites for hydroxylation is 1. The normalized spacial score (nSPS) is 21.5. The Morgan fingerprint density at radius 1 is 1.29 bits per heavy atom. The molecule has 0 bridgehead atoms. The van der Waals surface area contributed by atoms with Crippen LogP contribution >= 0.6 is 0 Å². The predicted octanol–water partition coefficient (Wildman–Crippen LogP) is 4.08. The zero-order valence-electron chi connectivity index (χ0n) is 16.5. The average Bonchev–Trinajstić information content (AvgIpc) is 3.28. The molecular formula is C23H26FN3O. The number of hydrogen-bond donors (Lipinski definition) is 1. The van der Waals surface area contributed by atoms with Crippen LogP contribution in [0.3, 0.4) is 0 Å². The van der Waals surface area contributed by atoms with E-state index in [2.05, 4.69) is 14.5 Å². The zero-order valence-corrected chi connectivity index (χ0v) is 16.5. The van der Waals surface area contributed by atoms with Gasteiger partial charge in [-0.25, -0.2) is 4.39 Å². The van der Waals surface area contributed by atoms with Crippen LogP contribution in [0.5, 0.6) is 0 Å². The summed E-state index contributed by atoms with van der Waals surface area (Å²) in [7, 11) is 0. The highest BCUT2D eigenvalue weighted by Crippen LogP contribution is 2.44. The van der Waals surface area contributed by atoms with Gasteiger partial charge in [0.2, 0.25) is 0 Å². The highest BCUT2D eigenvalue weighted by molar-refractivity contribution is 5.88. The van der Waals surface area contributed by atoms with E-state index < -0.39 is 5.60 Å². The minimum Gasteiger partial charge on any atom is -0.384 e. The zero-order chi connectivity index (χ0) is 19.5. The van der Waals surface area contributed by atoms with Crippen LogP contribution < -0.4 is 0 Å². The third-order valence-corrected chi connectivity index (χ3v) is 6.59. The summed E-state index contributed by atoms with van der Waals surface area (Å²) in [6.07, 6.45) is 6.55. The van der Waals surface area contributed by atoms with Crippen LogP contribution in [0.25, 0.3) is 10.9 Å². The number of aromatic nitrogens is 2. The van der Waals surface area contributed by atoms with Crippen LogP contribution in [-0.4, -0.2) is 32.6 Å². The Kier molecular flexibility index (Phi) is 4.07. The molecule has 5 heteroatoms. The standard InChI is InChI=1S/C23H26FN3O/c1-15-7-8-18-21(22(15)24)20-17-6-4-11-26(17)12-9-19(20)27(18)14-23(2,28)16-5-3-10-25-13-16/h3,5,7-8,10,13,17,28H,4,6,9,11-12,14H2,1-2H3. The van der Waals surface area contributed by atoms with Gasteiger partial charge in [-0.15, -0.1) is 0 Å². The minimum absolute atomic E-state index is 0.109. The maximum atomic E-state index is 15.3. The molecule has 146 valence electrons. The lowest BCUT2D eigenvalue weighted by atomic mass is 9.94. The number of nitrogens with zero attached hydrogens (tertiary/aromatic N) is 3. The fraction of sp³-hybridized carbons (Fsp3) is 0.435. The van der Waals surface area contributed by atoms with E-state index in [1.807, 2.05) is 38.1 Å². The summed E-state index contributed by atoms with van der Waals surface area (Å²) in [6, 6.07) is 7.91. The Morgan fingerprint density at radius 2 is 2.14 bits per heavy atom. The van der Waals surface area contributed by atoms with Crippen molar-refractivity contribution in [3.63, 3.8) is 0 Å². The molecule has 4 heterocycles. The van der Waals surface area contributed by atoms with Crippen molar-refractivity contribution in [2.24, 2.45) is 0 Å². The molecular weight excluding hydrogens is 353 g/mol. The number of benzene rings is 1. The number of halogens is 1. The Labute approximate surface area is 164 Å². The molecule has 1 fully saturated rings. The third-order valence-electron chi connectivity index (χ3n) is 6.59. The van der Waals surface area contributed by atoms with E-state index in [1.54, 1.807) is 12.4 Å². The maximum Gasteiger partial charge on any atom is 0.135 e. The van der Waals surface area contributed by atoms with Crippen LogP contribution in [0.15, 0.2) is 36.7 Å². The first-order chi connectivity index (χ1) is 13.5. The molecule has 0 spiro atoms. The predicted molar refractivity (Wildman–Crippen MR) is 108 cm³/mol. The molecule has 3 aromatic rings. The second-order valence-electron chi connectivity index (χ2n) is 8.50. The van der Waals surface area contributed by atoms with Crippen LogP contribution in [0.1, 0.15) is 48.2 Å². The number of hydrogen-bond acceptors (Lipinski definition) is 3. The average molecular weight is 379 g/mol. The number of fused-ring (bicyclic) bond motifs is 5. The van der Waals surface area contributed by atoms with Gasteiger partial charge in [0.05, 0.1) is 12.1 Å². The molecule has 0 aliphatic carbocycles. The fourth-order valence-corrected chi connectivity index (χ4v) is 5.15. The van der Waals surface area contributed by atoms with Gasteiger partial charge in [-0.3, -0.25) is 9.88 Å². The molecule has 2 aliphatic heterocycles. The first kappa shape index (κ1) is 17.8. The quantitative estimate of drug-likeness (QED) is 0.745. The largest absolute Gasteiger partial charge is 0.384 e. The van der Waals surface area contributed by atoms with Gasteiger partial charge in [0.15, 0.2) is 0 Å². The van der Waals surface area contributed by atoms with Crippen molar-refractivity contribution in [1.82, 2.24) is 14.5 Å². The highest BCUT2D eigenvalue weighted by atomic mass is 19.1. The van der Waals surface area contributed by atoms with Crippen LogP contribution in [-0.2, 0) is 18.6 Å². The van der Waals surface area contributed by atoms with Crippen molar-refractivity contribution in [1.29, 1.82) is 0 Å². The van der Waals surface area contributed by atoms with Crippen LogP contribution in [0.4, 0.5) is 4.39 Å². The van der Waals surface area contributed by atoms with Gasteiger partial charge in [-0.1, -0.05) is 12.1 Å². The third kappa shape index (κ3) is 2.60. The van der Waals surface area contributed by atoms with Crippen molar-refractivity contribution in [3.05, 3.63) is 64.9 Å². The van der Waals surface area contributed by atoms with Crippen molar-refractivity contribution in [2.45, 2.75) is 51.3 Å². The van der Waals surface area contributed by atoms with Crippen molar-refractivity contribution >= 4 is 10.9 Å². The summed E-state index contributed by atoms with van der Waals surface area (Å²) in [5, 5.41) is 12.0. The van der Waals surface area contributed by atoms with Gasteiger partial charge in [-0.2, -0.15) is 0 Å². The van der Waals surface area contributed by atoms with E-state index in [0.29, 0.717) is 18.2 Å². The lowest BCUT2D eigenvalue weighted by molar-refractivity contribution is 0.0380. The first-order valence-electron chi connectivity index (χ1n) is 10.1. The summed E-state index contributed by atoms with van der Waals surface area (Å²) in [4.78, 5) is 6.66. The lowest BCUT2D eigenvalue weighted by Crippen LogP contribution is -2.33. The van der Waals surface area contributed by atoms with E-state index >= 15 is 4.39 Å². The molecule has 2 aromatic heterocycles. The minimum atomic E-state index is -1.08. The van der Waals surface area contributed by atoms with Gasteiger partial charge in [0.1, 0.15) is 11.4 Å². The Balaban J connectivity index is 1.71. The molecule has 0 radical (unpaired) electrons. The number of rotatable bonds is 3. The van der Waals surface area contributed by atoms with Crippen molar-refractivity contribution in [2.75, 3.05) is 13.1 Å². The summed E-state index contributed by atoms with van der Waals surface area (Å²) < 4.78 is 17.5. The highest BCUT2D eigenvalue weighted by Gasteiger charge is 2.37. The van der Waals surface area contributed by atoms with Gasteiger partial charge < -0.3 is 9.67 Å². The van der Waals surface area contributed by atoms with Gasteiger partial charge in [0.25, 0.3) is 0 Å². The summed E-state index contributed by atoms with van der Waals surface area (Å²) >= 11 is 0. The van der Waals surface area contributed by atoms with E-state index in [4.69, 9.17) is 0 Å². The van der Waals surface area contributed by atoms with E-state index in [1.165, 1.54) is 5.69 Å². The van der Waals surface area contributed by atoms with Crippen LogP contribution in [0, 0.1) is 12.7 Å². The van der Waals surface area contributed by atoms with Crippen molar-refractivity contribution in [3.8, 4) is 0 Å². The second-order valence-corrected chi connectivity index (χ2v) is 8.50. The number of pyridine rings is 1. The maximum absolute atomic E-state index is 15.3. The summed E-state index contributed by atoms with van der Waals surface area (Å²) in [5.74, 6) is -0.109. The summed E-state index contributed by atoms with van der Waals surface area (Å²) in [6.45, 7) is 6.14. The topological polar surface area (TPSA) is 41.3 Å². The van der Waals surface area contributed by atoms with Gasteiger partial charge in [-0.05, 0) is 50.9 Å². The number of aliphatic hydroxyl groups is 1. The van der Waals surface area contributed by atoms with Crippen molar-refractivity contribution < 1.29 is 9.50 Å². The second kappa shape index (κ2) is 6.39. The van der Waals surface area contributed by atoms with Gasteiger partial charge >= 0.3 is 0 Å². The smallest absolute Gasteiger partial charge is 0.135 e. The Hall–Kier alpha value is -2.24. The molecule has 0 amide bonds. The monoisotopic (exact) mass is 379 g/mol. The molecule has 2 atom stereocenters. The molecule has 28 heavy (non-hydrogen) atoms. The molecule has 1 aromatic carbocycles. The Bertz CT molecular complexity index is 1040. The SMILES string of the molecule is Cc1ccc2c(c1F)c1c(n2CC(C)(O)c2cccnc2)CCN2CCCC12. The molecule has 2 unspecified atom stereocenters. The molecule has 1 saturated heterocycles. The van der Waals surface area contributed by atoms with E-state index in [9.17, 15) is 5.11 Å². The molecule has 0 saturated carbocycles. The van der Waals surface area contributed by atoms with Gasteiger partial charge in [0, 0.05) is 53.6 Å². The molecule has 5 rings (SSSR count). The molecule has 4 nitrogen and oxygen atoms in total. The van der Waals surface area contributed by atoms with E-state index in [-0.39, 0.29) is 5.82 Å². The molecule has 2 aliphatic rings. The fourth-order valence-electron chi connectivity index (χ4n) is 5.15. The van der Waals surface area contributed by atoms with E-state index in [0.717, 1.165) is 54.4 Å². The molecule has 1 N–H and O–H groups in total. The van der Waals surface area contributed by atoms with Crippen LogP contribution in [0.2, 0.25) is 0 Å².